The van der Waals surface area contributed by atoms with Gasteiger partial charge in [-0.25, -0.2) is 0 Å². The van der Waals surface area contributed by atoms with Gasteiger partial charge in [-0.05, 0) is 273 Å². The molecule has 16 nitrogen and oxygen atoms in total. The molecule has 19 rings (SSSR count). The van der Waals surface area contributed by atoms with E-state index in [1.165, 1.54) is 109 Å². The Bertz CT molecular complexity index is 4050. The molecule has 11 saturated carbocycles. The van der Waals surface area contributed by atoms with Gasteiger partial charge in [-0.3, -0.25) is 0 Å². The van der Waals surface area contributed by atoms with E-state index in [9.17, 15) is 25.5 Å². The second-order valence-corrected chi connectivity index (χ2v) is 45.6. The zero-order chi connectivity index (χ0) is 96.6. The number of aliphatic hydroxyl groups is 6. The highest BCUT2D eigenvalue weighted by molar-refractivity contribution is 5.20. The predicted molar refractivity (Wildman–Crippen MR) is 545 cm³/mol. The van der Waals surface area contributed by atoms with Crippen LogP contribution in [-0.4, -0.2) is 144 Å². The molecule has 11 aliphatic carbocycles. The highest BCUT2D eigenvalue weighted by Gasteiger charge is 2.61. The van der Waals surface area contributed by atoms with Gasteiger partial charge < -0.3 is 78.0 Å². The molecule has 13 fully saturated rings. The van der Waals surface area contributed by atoms with E-state index in [-0.39, 0.29) is 31.0 Å². The molecule has 2 aliphatic heterocycles. The van der Waals surface area contributed by atoms with Gasteiger partial charge in [-0.2, -0.15) is 0 Å². The van der Waals surface area contributed by atoms with Crippen molar-refractivity contribution in [2.45, 2.75) is 388 Å². The first-order valence-corrected chi connectivity index (χ1v) is 54.0. The Morgan fingerprint density at radius 1 is 0.390 bits per heavy atom. The quantitative estimate of drug-likeness (QED) is 0.0247. The van der Waals surface area contributed by atoms with E-state index in [0.29, 0.717) is 86.7 Å². The van der Waals surface area contributed by atoms with Gasteiger partial charge in [0, 0.05) is 20.8 Å². The molecule has 13 aliphatic rings. The third kappa shape index (κ3) is 31.8. The lowest BCUT2D eigenvalue weighted by Gasteiger charge is -2.61. The second-order valence-electron chi connectivity index (χ2n) is 45.6. The molecule has 2 heterocycles. The zero-order valence-corrected chi connectivity index (χ0v) is 85.9. The van der Waals surface area contributed by atoms with Crippen molar-refractivity contribution in [2.75, 3.05) is 34.0 Å². The molecule has 0 radical (unpaired) electrons. The van der Waals surface area contributed by atoms with Crippen molar-refractivity contribution in [1.82, 2.24) is 0 Å². The van der Waals surface area contributed by atoms with Crippen LogP contribution in [0.4, 0.5) is 0 Å². The predicted octanol–water partition coefficient (Wildman–Crippen LogP) is 25.1. The van der Waals surface area contributed by atoms with Gasteiger partial charge in [0.2, 0.25) is 0 Å². The van der Waals surface area contributed by atoms with Crippen molar-refractivity contribution in [3.05, 3.63) is 215 Å². The SMILES string of the molecule is CC(C)CCC[C@@H](C)[C@H]1CC[C@H]2[C@@H]3CCC4CCCC[C@]4(C)[C@H]3CC[C@]12C.CC(C)[C@@H]1CC[C@@H](C)C[C@H]1O.CC(C)[C@H]1CC[C@H](C)C[C@@H]1O.CO[C@H]1OC(CO)[C@@H](OCc2ccccc2)C(OCc2ccccc2)[C@@H]1OCc1ccccc1.CO[C@H]1OC(COCc2ccccc2)[C@@H](O)C(OCc2ccccc2)[C@@H]1OCc1ccccc1.OC12CC3CC(CC(C3)C1)C2.OCC1CCCCC1. The fourth-order valence-electron chi connectivity index (χ4n) is 27.1. The molecule has 0 spiro atoms. The lowest BCUT2D eigenvalue weighted by molar-refractivity contribution is -0.321. The number of rotatable bonds is 30. The summed E-state index contributed by atoms with van der Waals surface area (Å²) in [4.78, 5) is 0. The fourth-order valence-corrected chi connectivity index (χ4v) is 27.1. The first-order chi connectivity index (χ1) is 65.8. The van der Waals surface area contributed by atoms with Gasteiger partial charge >= 0.3 is 0 Å². The van der Waals surface area contributed by atoms with Crippen molar-refractivity contribution < 1.29 is 78.0 Å². The molecular weight excluding hydrogens is 1700 g/mol. The number of aliphatic hydroxyl groups excluding tert-OH is 5. The Kier molecular flexibility index (Phi) is 44.7. The van der Waals surface area contributed by atoms with Crippen molar-refractivity contribution in [3.63, 3.8) is 0 Å². The fraction of sp³-hybridized carbons (Fsp3) is 0.700. The van der Waals surface area contributed by atoms with Crippen LogP contribution in [0.25, 0.3) is 0 Å². The van der Waals surface area contributed by atoms with Crippen molar-refractivity contribution in [1.29, 1.82) is 0 Å². The van der Waals surface area contributed by atoms with Crippen molar-refractivity contribution >= 4 is 0 Å². The van der Waals surface area contributed by atoms with Crippen molar-refractivity contribution in [2.24, 2.45) is 111 Å². The van der Waals surface area contributed by atoms with Crippen LogP contribution in [0.3, 0.4) is 0 Å². The highest BCUT2D eigenvalue weighted by Crippen LogP contribution is 2.69. The summed E-state index contributed by atoms with van der Waals surface area (Å²) >= 11 is 0. The average molecular weight is 1880 g/mol. The van der Waals surface area contributed by atoms with Crippen LogP contribution in [0.1, 0.15) is 302 Å². The summed E-state index contributed by atoms with van der Waals surface area (Å²) in [6, 6.07) is 59.4. The molecule has 5 unspecified atom stereocenters. The smallest absolute Gasteiger partial charge is 0.186 e. The van der Waals surface area contributed by atoms with Gasteiger partial charge in [-0.15, -0.1) is 0 Å². The maximum Gasteiger partial charge on any atom is 0.186 e. The molecule has 136 heavy (non-hydrogen) atoms. The second kappa shape index (κ2) is 55.5. The third-order valence-electron chi connectivity index (χ3n) is 34.4. The molecule has 6 aromatic carbocycles. The number of hydrogen-bond donors (Lipinski definition) is 6. The standard InChI is InChI=1S/2C28H32O6.C27H48.C10H16O.2C10H20O.C7H14O/c1-30-28-27(33-20-23-15-9-4-10-16-23)26(32-19-22-13-7-3-8-14-22)25(24(17-29)34-28)31-18-21-11-5-2-6-12-21;1-30-28-27(33-19-23-15-9-4-10-16-23)26(32-18-22-13-7-3-8-14-22)25(29)24(34-28)20-31-17-21-11-5-2-6-12-21;1-19(2)9-8-10-20(3)23-14-15-24-22-13-12-21-11-6-7-17-26(21,4)25(22)16-18-27(23,24)5;11-10-4-7-1-8(5-10)3-9(2-7)6-10;2*1-7(2)9-5-4-8(3)6-10(9)11;8-6-7-4-2-1-3-5-7/h2*2-16,24-29H,17-20H2,1H3;19-25H,6-18H2,1-5H3;7-9,11H,1-6H2;2*7-11H,4-6H2,1-3H3;7-8H,1-6H2/t2*24?,25-,26?,27+,28+;20-,21?,22+,23-,24+,25+,26+,27-;;2*8-,9+,10-;/m111.10./s1. The van der Waals surface area contributed by atoms with E-state index in [1.807, 2.05) is 182 Å². The Hall–Kier alpha value is -5.32. The maximum absolute atomic E-state index is 11.2. The molecule has 0 aromatic heterocycles. The van der Waals surface area contributed by atoms with Gasteiger partial charge in [0.1, 0.15) is 48.8 Å². The molecule has 24 atom stereocenters. The Labute approximate surface area is 821 Å². The summed E-state index contributed by atoms with van der Waals surface area (Å²) in [6.07, 6.45) is 34.7. The van der Waals surface area contributed by atoms with E-state index in [4.69, 9.17) is 52.5 Å². The topological polar surface area (TPSA) is 214 Å². The van der Waals surface area contributed by atoms with Crippen LogP contribution in [-0.2, 0) is 87.0 Å². The van der Waals surface area contributed by atoms with Gasteiger partial charge in [0.05, 0.1) is 70.7 Å². The first kappa shape index (κ1) is 109. The first-order valence-electron chi connectivity index (χ1n) is 54.0. The summed E-state index contributed by atoms with van der Waals surface area (Å²) in [5.41, 5.74) is 7.36. The normalized spacial score (nSPS) is 34.5. The molecule has 758 valence electrons. The van der Waals surface area contributed by atoms with Gasteiger partial charge in [-0.1, -0.05) is 322 Å². The van der Waals surface area contributed by atoms with E-state index in [0.717, 1.165) is 136 Å². The number of hydrogen-bond acceptors (Lipinski definition) is 16. The third-order valence-corrected chi connectivity index (χ3v) is 34.4. The van der Waals surface area contributed by atoms with Crippen LogP contribution in [0.2, 0.25) is 0 Å². The van der Waals surface area contributed by atoms with Crippen LogP contribution in [0, 0.1) is 111 Å². The monoisotopic (exact) mass is 1880 g/mol. The number of fused-ring (bicyclic) bond motifs is 5. The van der Waals surface area contributed by atoms with E-state index in [1.54, 1.807) is 65.6 Å². The molecule has 2 saturated heterocycles. The maximum atomic E-state index is 11.2. The zero-order valence-electron chi connectivity index (χ0n) is 85.9. The van der Waals surface area contributed by atoms with Crippen LogP contribution in [0.5, 0.6) is 0 Å². The number of ether oxygens (including phenoxy) is 10. The Balaban J connectivity index is 0.000000152. The summed E-state index contributed by atoms with van der Waals surface area (Å²) in [5.74, 6) is 14.4. The molecule has 0 amide bonds. The highest BCUT2D eigenvalue weighted by atomic mass is 16.7. The lowest BCUT2D eigenvalue weighted by Crippen LogP contribution is -2.61. The van der Waals surface area contributed by atoms with Crippen LogP contribution >= 0.6 is 0 Å². The minimum Gasteiger partial charge on any atom is -0.396 e. The summed E-state index contributed by atoms with van der Waals surface area (Å²) in [7, 11) is 3.13. The number of methoxy groups -OCH3 is 2. The lowest BCUT2D eigenvalue weighted by atomic mass is 9.44. The van der Waals surface area contributed by atoms with E-state index >= 15 is 0 Å². The summed E-state index contributed by atoms with van der Waals surface area (Å²) < 4.78 is 60.7. The van der Waals surface area contributed by atoms with Crippen LogP contribution in [0.15, 0.2) is 182 Å². The molecular formula is C120H182O16. The summed E-state index contributed by atoms with van der Waals surface area (Å²) in [5, 5.41) is 59.5. The number of benzene rings is 6. The summed E-state index contributed by atoms with van der Waals surface area (Å²) in [6.45, 7) is 28.8. The van der Waals surface area contributed by atoms with Crippen LogP contribution < -0.4 is 0 Å². The average Bonchev–Trinajstić information content (AvgIpc) is 1.48. The minimum atomic E-state index is -0.952. The van der Waals surface area contributed by atoms with E-state index < -0.39 is 61.4 Å². The minimum absolute atomic E-state index is 0.0289. The molecule has 6 aromatic rings. The Morgan fingerprint density at radius 2 is 0.801 bits per heavy atom. The largest absolute Gasteiger partial charge is 0.396 e. The Morgan fingerprint density at radius 3 is 1.21 bits per heavy atom. The van der Waals surface area contributed by atoms with Gasteiger partial charge in [0.25, 0.3) is 0 Å². The molecule has 6 N–H and O–H groups in total. The van der Waals surface area contributed by atoms with Gasteiger partial charge in [0.15, 0.2) is 12.6 Å². The van der Waals surface area contributed by atoms with Crippen molar-refractivity contribution in [3.8, 4) is 0 Å². The van der Waals surface area contributed by atoms with E-state index in [2.05, 4.69) is 76.2 Å². The molecule has 16 heteroatoms. The molecule has 4 bridgehead atoms.